The van der Waals surface area contributed by atoms with Crippen molar-refractivity contribution < 1.29 is 9.53 Å². The van der Waals surface area contributed by atoms with Crippen LogP contribution in [0.5, 0.6) is 0 Å². The summed E-state index contributed by atoms with van der Waals surface area (Å²) in [6.07, 6.45) is 6.30. The summed E-state index contributed by atoms with van der Waals surface area (Å²) in [6, 6.07) is 0.361. The Hall–Kier alpha value is -1.36. The molecule has 21 heavy (non-hydrogen) atoms. The van der Waals surface area contributed by atoms with Gasteiger partial charge in [-0.1, -0.05) is 6.92 Å². The van der Waals surface area contributed by atoms with Gasteiger partial charge in [-0.05, 0) is 32.6 Å². The maximum absolute atomic E-state index is 12.9. The Labute approximate surface area is 125 Å². The van der Waals surface area contributed by atoms with E-state index >= 15 is 0 Å². The summed E-state index contributed by atoms with van der Waals surface area (Å²) in [4.78, 5) is 14.9. The molecule has 1 amide bonds. The standard InChI is InChI=1S/C16H23N3O2/c1-3-11(2)19-14(12-4-5-12)13(8-17-19)15(20)18-7-6-16(18)9-21-10-16/h8,11-12H,3-7,9-10H2,1-2H3. The summed E-state index contributed by atoms with van der Waals surface area (Å²) >= 11 is 0. The Kier molecular flexibility index (Phi) is 2.89. The molecule has 2 saturated heterocycles. The van der Waals surface area contributed by atoms with E-state index in [1.807, 2.05) is 4.90 Å². The highest BCUT2D eigenvalue weighted by atomic mass is 16.5. The lowest BCUT2D eigenvalue weighted by Crippen LogP contribution is -2.72. The van der Waals surface area contributed by atoms with Gasteiger partial charge in [0.2, 0.25) is 0 Å². The van der Waals surface area contributed by atoms with Gasteiger partial charge in [-0.25, -0.2) is 0 Å². The fraction of sp³-hybridized carbons (Fsp3) is 0.750. The highest BCUT2D eigenvalue weighted by Gasteiger charge is 2.53. The molecule has 114 valence electrons. The van der Waals surface area contributed by atoms with E-state index in [1.165, 1.54) is 18.5 Å². The minimum Gasteiger partial charge on any atom is -0.376 e. The van der Waals surface area contributed by atoms with E-state index in [1.54, 1.807) is 6.20 Å². The van der Waals surface area contributed by atoms with E-state index < -0.39 is 0 Å². The number of ether oxygens (including phenoxy) is 1. The normalized spacial score (nSPS) is 24.6. The van der Waals surface area contributed by atoms with Crippen molar-refractivity contribution in [1.82, 2.24) is 14.7 Å². The lowest BCUT2D eigenvalue weighted by molar-refractivity contribution is -0.172. The van der Waals surface area contributed by atoms with Crippen molar-refractivity contribution >= 4 is 5.91 Å². The monoisotopic (exact) mass is 289 g/mol. The number of hydrogen-bond donors (Lipinski definition) is 0. The van der Waals surface area contributed by atoms with Crippen LogP contribution in [-0.2, 0) is 4.74 Å². The van der Waals surface area contributed by atoms with Gasteiger partial charge in [0.15, 0.2) is 0 Å². The van der Waals surface area contributed by atoms with E-state index in [9.17, 15) is 4.79 Å². The molecule has 3 fully saturated rings. The number of nitrogens with zero attached hydrogens (tertiary/aromatic N) is 3. The van der Waals surface area contributed by atoms with Gasteiger partial charge in [0, 0.05) is 18.5 Å². The average Bonchev–Trinajstić information content (AvgIpc) is 3.13. The third kappa shape index (κ3) is 1.86. The molecule has 3 heterocycles. The topological polar surface area (TPSA) is 47.4 Å². The lowest BCUT2D eigenvalue weighted by Gasteiger charge is -2.57. The molecule has 0 radical (unpaired) electrons. The highest BCUT2D eigenvalue weighted by Crippen LogP contribution is 2.44. The lowest BCUT2D eigenvalue weighted by atomic mass is 9.82. The fourth-order valence-electron chi connectivity index (χ4n) is 3.46. The van der Waals surface area contributed by atoms with Crippen molar-refractivity contribution in [2.45, 2.75) is 57.0 Å². The van der Waals surface area contributed by atoms with Crippen molar-refractivity contribution in [2.24, 2.45) is 0 Å². The quantitative estimate of drug-likeness (QED) is 0.855. The van der Waals surface area contributed by atoms with Crippen molar-refractivity contribution in [3.05, 3.63) is 17.5 Å². The summed E-state index contributed by atoms with van der Waals surface area (Å²) in [7, 11) is 0. The van der Waals surface area contributed by atoms with Crippen LogP contribution >= 0.6 is 0 Å². The molecule has 1 saturated carbocycles. The molecule has 1 unspecified atom stereocenters. The second kappa shape index (κ2) is 4.57. The molecule has 5 nitrogen and oxygen atoms in total. The van der Waals surface area contributed by atoms with Gasteiger partial charge < -0.3 is 9.64 Å². The largest absolute Gasteiger partial charge is 0.376 e. The SMILES string of the molecule is CCC(C)n1ncc(C(=O)N2CCC23COC3)c1C1CC1. The molecule has 1 aromatic heterocycles. The molecule has 1 aliphatic carbocycles. The second-order valence-electron chi connectivity index (χ2n) is 6.84. The number of rotatable bonds is 4. The maximum Gasteiger partial charge on any atom is 0.257 e. The number of carbonyl (C=O) groups is 1. The number of likely N-dealkylation sites (tertiary alicyclic amines) is 1. The van der Waals surface area contributed by atoms with Gasteiger partial charge in [-0.2, -0.15) is 5.10 Å². The smallest absolute Gasteiger partial charge is 0.257 e. The zero-order valence-electron chi connectivity index (χ0n) is 12.8. The molecule has 1 aromatic rings. The highest BCUT2D eigenvalue weighted by molar-refractivity contribution is 5.96. The van der Waals surface area contributed by atoms with E-state index in [0.29, 0.717) is 25.2 Å². The minimum atomic E-state index is 0.0103. The maximum atomic E-state index is 12.9. The Bertz CT molecular complexity index is 567. The summed E-state index contributed by atoms with van der Waals surface area (Å²) in [5, 5.41) is 4.54. The number of amides is 1. The molecule has 0 N–H and O–H groups in total. The summed E-state index contributed by atoms with van der Waals surface area (Å²) in [5.41, 5.74) is 2.02. The first kappa shape index (κ1) is 13.3. The number of carbonyl (C=O) groups excluding carboxylic acids is 1. The van der Waals surface area contributed by atoms with Gasteiger partial charge in [0.05, 0.1) is 36.2 Å². The average molecular weight is 289 g/mol. The molecule has 4 rings (SSSR count). The molecule has 2 aliphatic heterocycles. The first-order valence-corrected chi connectivity index (χ1v) is 8.13. The Morgan fingerprint density at radius 1 is 1.52 bits per heavy atom. The van der Waals surface area contributed by atoms with Crippen LogP contribution in [-0.4, -0.2) is 45.9 Å². The number of hydrogen-bond acceptors (Lipinski definition) is 3. The third-order valence-electron chi connectivity index (χ3n) is 5.40. The molecule has 3 aliphatic rings. The van der Waals surface area contributed by atoms with Crippen LogP contribution in [0.1, 0.15) is 67.5 Å². The zero-order valence-corrected chi connectivity index (χ0v) is 12.8. The van der Waals surface area contributed by atoms with Gasteiger partial charge in [0.25, 0.3) is 5.91 Å². The van der Waals surface area contributed by atoms with Gasteiger partial charge in [-0.3, -0.25) is 9.48 Å². The van der Waals surface area contributed by atoms with E-state index in [2.05, 4.69) is 23.6 Å². The minimum absolute atomic E-state index is 0.0103. The molecule has 1 atom stereocenters. The van der Waals surface area contributed by atoms with Crippen molar-refractivity contribution in [1.29, 1.82) is 0 Å². The van der Waals surface area contributed by atoms with Crippen molar-refractivity contribution in [3.63, 3.8) is 0 Å². The molecular formula is C16H23N3O2. The molecule has 0 aromatic carbocycles. The van der Waals surface area contributed by atoms with Gasteiger partial charge in [-0.15, -0.1) is 0 Å². The molecule has 0 bridgehead atoms. The summed E-state index contributed by atoms with van der Waals surface area (Å²) in [6.45, 7) is 6.62. The van der Waals surface area contributed by atoms with Crippen molar-refractivity contribution in [3.8, 4) is 0 Å². The van der Waals surface area contributed by atoms with Crippen LogP contribution in [0.4, 0.5) is 0 Å². The van der Waals surface area contributed by atoms with E-state index in [-0.39, 0.29) is 11.4 Å². The predicted molar refractivity (Wildman–Crippen MR) is 78.4 cm³/mol. The van der Waals surface area contributed by atoms with Crippen molar-refractivity contribution in [2.75, 3.05) is 19.8 Å². The number of aromatic nitrogens is 2. The van der Waals surface area contributed by atoms with Crippen LogP contribution in [0.15, 0.2) is 6.20 Å². The van der Waals surface area contributed by atoms with Crippen LogP contribution in [0, 0.1) is 0 Å². The van der Waals surface area contributed by atoms with Gasteiger partial charge >= 0.3 is 0 Å². The predicted octanol–water partition coefficient (Wildman–Crippen LogP) is 2.35. The van der Waals surface area contributed by atoms with Crippen LogP contribution in [0.3, 0.4) is 0 Å². The molecule has 1 spiro atoms. The van der Waals surface area contributed by atoms with Crippen LogP contribution in [0.25, 0.3) is 0 Å². The van der Waals surface area contributed by atoms with E-state index in [4.69, 9.17) is 4.74 Å². The summed E-state index contributed by atoms with van der Waals surface area (Å²) in [5.74, 6) is 0.705. The van der Waals surface area contributed by atoms with Crippen LogP contribution in [0.2, 0.25) is 0 Å². The summed E-state index contributed by atoms with van der Waals surface area (Å²) < 4.78 is 7.42. The zero-order chi connectivity index (χ0) is 14.6. The Morgan fingerprint density at radius 2 is 2.29 bits per heavy atom. The second-order valence-corrected chi connectivity index (χ2v) is 6.84. The Morgan fingerprint density at radius 3 is 2.76 bits per heavy atom. The Balaban J connectivity index is 1.65. The van der Waals surface area contributed by atoms with Crippen LogP contribution < -0.4 is 0 Å². The fourth-order valence-corrected chi connectivity index (χ4v) is 3.46. The molecule has 5 heteroatoms. The first-order chi connectivity index (χ1) is 10.2. The third-order valence-corrected chi connectivity index (χ3v) is 5.40. The van der Waals surface area contributed by atoms with Gasteiger partial charge in [0.1, 0.15) is 0 Å². The molecular weight excluding hydrogens is 266 g/mol. The van der Waals surface area contributed by atoms with E-state index in [0.717, 1.165) is 24.9 Å². The first-order valence-electron chi connectivity index (χ1n) is 8.13.